The number of para-hydroxylation sites is 3. The summed E-state index contributed by atoms with van der Waals surface area (Å²) in [6.07, 6.45) is 1.69. The number of carbonyl (C=O) groups is 2. The van der Waals surface area contributed by atoms with E-state index in [1.165, 1.54) is 7.11 Å². The fourth-order valence-corrected chi connectivity index (χ4v) is 3.59. The molecule has 7 heteroatoms. The van der Waals surface area contributed by atoms with E-state index in [0.29, 0.717) is 17.8 Å². The van der Waals surface area contributed by atoms with Gasteiger partial charge in [-0.2, -0.15) is 0 Å². The largest absolute Gasteiger partial charge is 0.465 e. The second-order valence-corrected chi connectivity index (χ2v) is 6.89. The molecule has 0 radical (unpaired) electrons. The summed E-state index contributed by atoms with van der Waals surface area (Å²) in [6, 6.07) is 14.8. The van der Waals surface area contributed by atoms with Crippen molar-refractivity contribution in [1.29, 1.82) is 0 Å². The molecule has 3 aromatic rings. The Bertz CT molecular complexity index is 981. The van der Waals surface area contributed by atoms with Crippen LogP contribution in [-0.4, -0.2) is 42.0 Å². The predicted molar refractivity (Wildman–Crippen MR) is 107 cm³/mol. The summed E-state index contributed by atoms with van der Waals surface area (Å²) in [5.41, 5.74) is 2.72. The number of amides is 1. The third-order valence-corrected chi connectivity index (χ3v) is 5.06. The molecule has 28 heavy (non-hydrogen) atoms. The Hall–Kier alpha value is -3.35. The van der Waals surface area contributed by atoms with Crippen molar-refractivity contribution < 1.29 is 14.3 Å². The van der Waals surface area contributed by atoms with Crippen LogP contribution in [0.3, 0.4) is 0 Å². The minimum absolute atomic E-state index is 0.0998. The van der Waals surface area contributed by atoms with Crippen LogP contribution in [0.2, 0.25) is 0 Å². The molecule has 1 saturated heterocycles. The Morgan fingerprint density at radius 1 is 1.18 bits per heavy atom. The zero-order valence-electron chi connectivity index (χ0n) is 15.6. The summed E-state index contributed by atoms with van der Waals surface area (Å²) >= 11 is 0. The van der Waals surface area contributed by atoms with Gasteiger partial charge >= 0.3 is 5.97 Å². The number of hydrogen-bond acceptors (Lipinski definition) is 5. The molecule has 2 N–H and O–H groups in total. The van der Waals surface area contributed by atoms with E-state index in [2.05, 4.69) is 20.2 Å². The summed E-state index contributed by atoms with van der Waals surface area (Å²) in [6.45, 7) is 1.42. The van der Waals surface area contributed by atoms with Gasteiger partial charge < -0.3 is 19.9 Å². The molecule has 0 saturated carbocycles. The van der Waals surface area contributed by atoms with Crippen LogP contribution < -0.4 is 10.2 Å². The lowest BCUT2D eigenvalue weighted by Crippen LogP contribution is -2.41. The number of imidazole rings is 1. The Balaban J connectivity index is 1.49. The standard InChI is InChI=1S/C21H22N4O3/c1-28-20(27)15-8-2-3-9-16(15)22-19(26)14-7-6-12-25(13-14)21-23-17-10-4-5-11-18(17)24-21/h2-5,8-11,14H,6-7,12-13H2,1H3,(H,22,26)(H,23,24). The van der Waals surface area contributed by atoms with Crippen LogP contribution in [0.5, 0.6) is 0 Å². The molecular weight excluding hydrogens is 356 g/mol. The number of ether oxygens (including phenoxy) is 1. The number of nitrogens with zero attached hydrogens (tertiary/aromatic N) is 2. The molecule has 2 heterocycles. The zero-order valence-corrected chi connectivity index (χ0v) is 15.6. The van der Waals surface area contributed by atoms with Gasteiger partial charge in [0.2, 0.25) is 11.9 Å². The maximum atomic E-state index is 12.9. The van der Waals surface area contributed by atoms with E-state index in [-0.39, 0.29) is 11.8 Å². The quantitative estimate of drug-likeness (QED) is 0.681. The van der Waals surface area contributed by atoms with Crippen molar-refractivity contribution in [3.63, 3.8) is 0 Å². The normalized spacial score (nSPS) is 16.8. The van der Waals surface area contributed by atoms with Gasteiger partial charge in [0.25, 0.3) is 0 Å². The Labute approximate surface area is 162 Å². The minimum atomic E-state index is -0.469. The van der Waals surface area contributed by atoms with Crippen LogP contribution >= 0.6 is 0 Å². The lowest BCUT2D eigenvalue weighted by molar-refractivity contribution is -0.120. The third kappa shape index (κ3) is 3.55. The molecule has 0 aliphatic carbocycles. The number of fused-ring (bicyclic) bond motifs is 1. The smallest absolute Gasteiger partial charge is 0.339 e. The highest BCUT2D eigenvalue weighted by molar-refractivity contribution is 6.02. The highest BCUT2D eigenvalue weighted by atomic mass is 16.5. The van der Waals surface area contributed by atoms with E-state index < -0.39 is 5.97 Å². The molecule has 1 unspecified atom stereocenters. The molecule has 144 valence electrons. The van der Waals surface area contributed by atoms with Crippen molar-refractivity contribution in [3.8, 4) is 0 Å². The Morgan fingerprint density at radius 3 is 2.79 bits per heavy atom. The number of piperidine rings is 1. The summed E-state index contributed by atoms with van der Waals surface area (Å²) < 4.78 is 4.80. The first-order valence-electron chi connectivity index (χ1n) is 9.33. The molecule has 1 aromatic heterocycles. The van der Waals surface area contributed by atoms with E-state index in [4.69, 9.17) is 4.74 Å². The van der Waals surface area contributed by atoms with E-state index in [0.717, 1.165) is 36.4 Å². The second-order valence-electron chi connectivity index (χ2n) is 6.89. The molecule has 2 aromatic carbocycles. The maximum absolute atomic E-state index is 12.9. The second kappa shape index (κ2) is 7.72. The van der Waals surface area contributed by atoms with Crippen molar-refractivity contribution in [1.82, 2.24) is 9.97 Å². The van der Waals surface area contributed by atoms with E-state index in [9.17, 15) is 9.59 Å². The molecule has 0 spiro atoms. The summed E-state index contributed by atoms with van der Waals surface area (Å²) in [5, 5.41) is 2.90. The number of aromatic nitrogens is 2. The topological polar surface area (TPSA) is 87.3 Å². The van der Waals surface area contributed by atoms with Crippen molar-refractivity contribution in [2.24, 2.45) is 5.92 Å². The first-order valence-corrected chi connectivity index (χ1v) is 9.33. The number of esters is 1. The average molecular weight is 378 g/mol. The van der Waals surface area contributed by atoms with Gasteiger partial charge in [0.1, 0.15) is 0 Å². The zero-order chi connectivity index (χ0) is 19.5. The molecule has 0 bridgehead atoms. The number of carbonyl (C=O) groups excluding carboxylic acids is 2. The highest BCUT2D eigenvalue weighted by Gasteiger charge is 2.28. The molecule has 4 rings (SSSR count). The van der Waals surface area contributed by atoms with Crippen molar-refractivity contribution >= 4 is 34.5 Å². The van der Waals surface area contributed by atoms with Crippen LogP contribution in [0, 0.1) is 5.92 Å². The molecule has 1 aliphatic heterocycles. The SMILES string of the molecule is COC(=O)c1ccccc1NC(=O)C1CCCN(c2nc3ccccc3[nH]2)C1. The number of anilines is 2. The number of aromatic amines is 1. The lowest BCUT2D eigenvalue weighted by atomic mass is 9.97. The molecule has 1 amide bonds. The molecular formula is C21H22N4O3. The van der Waals surface area contributed by atoms with Gasteiger partial charge in [-0.15, -0.1) is 0 Å². The number of methoxy groups -OCH3 is 1. The molecule has 1 atom stereocenters. The van der Waals surface area contributed by atoms with Crippen molar-refractivity contribution in [3.05, 3.63) is 54.1 Å². The predicted octanol–water partition coefficient (Wildman–Crippen LogP) is 3.20. The fraction of sp³-hybridized carbons (Fsp3) is 0.286. The van der Waals surface area contributed by atoms with Crippen LogP contribution in [-0.2, 0) is 9.53 Å². The van der Waals surface area contributed by atoms with E-state index in [1.807, 2.05) is 24.3 Å². The molecule has 1 fully saturated rings. The maximum Gasteiger partial charge on any atom is 0.339 e. The van der Waals surface area contributed by atoms with Gasteiger partial charge in [0, 0.05) is 13.1 Å². The summed E-state index contributed by atoms with van der Waals surface area (Å²) in [5.74, 6) is 0.0296. The molecule has 1 aliphatic rings. The van der Waals surface area contributed by atoms with Crippen LogP contribution in [0.4, 0.5) is 11.6 Å². The molecule has 7 nitrogen and oxygen atoms in total. The van der Waals surface area contributed by atoms with Crippen molar-refractivity contribution in [2.75, 3.05) is 30.4 Å². The Morgan fingerprint density at radius 2 is 1.96 bits per heavy atom. The number of H-pyrrole nitrogens is 1. The number of rotatable bonds is 4. The summed E-state index contributed by atoms with van der Waals surface area (Å²) in [4.78, 5) is 34.9. The first-order chi connectivity index (χ1) is 13.7. The Kier molecular flexibility index (Phi) is 4.97. The monoisotopic (exact) mass is 378 g/mol. The highest BCUT2D eigenvalue weighted by Crippen LogP contribution is 2.25. The average Bonchev–Trinajstić information content (AvgIpc) is 3.18. The van der Waals surface area contributed by atoms with Crippen LogP contribution in [0.1, 0.15) is 23.2 Å². The minimum Gasteiger partial charge on any atom is -0.465 e. The lowest BCUT2D eigenvalue weighted by Gasteiger charge is -2.31. The van der Waals surface area contributed by atoms with Gasteiger partial charge in [0.15, 0.2) is 0 Å². The fourth-order valence-electron chi connectivity index (χ4n) is 3.59. The van der Waals surface area contributed by atoms with Gasteiger partial charge in [-0.3, -0.25) is 4.79 Å². The number of nitrogens with one attached hydrogen (secondary N) is 2. The van der Waals surface area contributed by atoms with Gasteiger partial charge in [-0.1, -0.05) is 24.3 Å². The van der Waals surface area contributed by atoms with Gasteiger partial charge in [-0.25, -0.2) is 9.78 Å². The van der Waals surface area contributed by atoms with Crippen LogP contribution in [0.25, 0.3) is 11.0 Å². The van der Waals surface area contributed by atoms with E-state index in [1.54, 1.807) is 24.3 Å². The van der Waals surface area contributed by atoms with E-state index >= 15 is 0 Å². The first kappa shape index (κ1) is 18.0. The van der Waals surface area contributed by atoms with Crippen molar-refractivity contribution in [2.45, 2.75) is 12.8 Å². The summed E-state index contributed by atoms with van der Waals surface area (Å²) in [7, 11) is 1.33. The third-order valence-electron chi connectivity index (χ3n) is 5.06. The van der Waals surface area contributed by atoms with Gasteiger partial charge in [0.05, 0.1) is 35.3 Å². The number of benzene rings is 2. The van der Waals surface area contributed by atoms with Crippen LogP contribution in [0.15, 0.2) is 48.5 Å². The van der Waals surface area contributed by atoms with Gasteiger partial charge in [-0.05, 0) is 37.1 Å². The number of hydrogen-bond donors (Lipinski definition) is 2.